The average molecular weight is 364 g/mol. The molecule has 0 spiro atoms. The van der Waals surface area contributed by atoms with E-state index in [0.29, 0.717) is 0 Å². The maximum absolute atomic E-state index is 13.0. The number of carbonyl (C=O) groups is 3. The quantitative estimate of drug-likeness (QED) is 0.411. The first-order chi connectivity index (χ1) is 12.3. The van der Waals surface area contributed by atoms with E-state index in [1.54, 1.807) is 13.8 Å². The lowest BCUT2D eigenvalue weighted by Gasteiger charge is -2.22. The van der Waals surface area contributed by atoms with E-state index in [4.69, 9.17) is 9.47 Å². The summed E-state index contributed by atoms with van der Waals surface area (Å²) in [6.07, 6.45) is -0.364. The van der Waals surface area contributed by atoms with Crippen molar-refractivity contribution in [3.63, 3.8) is 0 Å². The van der Waals surface area contributed by atoms with Crippen LogP contribution in [0.3, 0.4) is 0 Å². The van der Waals surface area contributed by atoms with Crippen molar-refractivity contribution in [1.29, 1.82) is 0 Å². The molecule has 0 saturated heterocycles. The van der Waals surface area contributed by atoms with E-state index in [1.807, 2.05) is 0 Å². The first-order valence-corrected chi connectivity index (χ1v) is 8.17. The molecule has 0 bridgehead atoms. The second kappa shape index (κ2) is 7.51. The van der Waals surface area contributed by atoms with E-state index < -0.39 is 28.2 Å². The normalized spacial score (nSPS) is 18.4. The number of ether oxygens (including phenoxy) is 2. The molecule has 1 amide bonds. The molecule has 1 unspecified atom stereocenters. The summed E-state index contributed by atoms with van der Waals surface area (Å²) in [5.74, 6) is -1.87. The highest BCUT2D eigenvalue weighted by molar-refractivity contribution is 6.12. The molecule has 0 fully saturated rings. The van der Waals surface area contributed by atoms with Crippen molar-refractivity contribution in [2.24, 2.45) is 0 Å². The molecule has 9 heteroatoms. The minimum Gasteiger partial charge on any atom is -0.466 e. The lowest BCUT2D eigenvalue weighted by atomic mass is 9.79. The molecule has 2 rings (SSSR count). The molecule has 1 aliphatic rings. The summed E-state index contributed by atoms with van der Waals surface area (Å²) < 4.78 is 9.79. The monoisotopic (exact) mass is 364 g/mol. The van der Waals surface area contributed by atoms with Gasteiger partial charge in [-0.1, -0.05) is 6.07 Å². The molecular formula is C17H20N2O7. The first kappa shape index (κ1) is 19.4. The molecule has 0 aromatic heterocycles. The number of hydrogen-bond donors (Lipinski definition) is 0. The summed E-state index contributed by atoms with van der Waals surface area (Å²) in [5, 5.41) is 11.5. The summed E-state index contributed by atoms with van der Waals surface area (Å²) in [6, 6.07) is 4.21. The number of hydrogen-bond acceptors (Lipinski definition) is 7. The Labute approximate surface area is 150 Å². The van der Waals surface area contributed by atoms with Gasteiger partial charge in [0, 0.05) is 6.07 Å². The highest BCUT2D eigenvalue weighted by atomic mass is 16.6. The van der Waals surface area contributed by atoms with Gasteiger partial charge in [-0.05, 0) is 26.8 Å². The van der Waals surface area contributed by atoms with Crippen molar-refractivity contribution in [2.45, 2.75) is 32.6 Å². The Balaban J connectivity index is 2.55. The van der Waals surface area contributed by atoms with E-state index in [9.17, 15) is 24.5 Å². The number of nitro groups is 1. The van der Waals surface area contributed by atoms with Crippen molar-refractivity contribution in [1.82, 2.24) is 0 Å². The lowest BCUT2D eigenvalue weighted by molar-refractivity contribution is -0.385. The number of anilines is 1. The minimum atomic E-state index is -1.50. The Morgan fingerprint density at radius 3 is 2.38 bits per heavy atom. The van der Waals surface area contributed by atoms with Crippen LogP contribution >= 0.6 is 0 Å². The number of fused-ring (bicyclic) bond motifs is 1. The van der Waals surface area contributed by atoms with Gasteiger partial charge in [-0.3, -0.25) is 29.4 Å². The third-order valence-electron chi connectivity index (χ3n) is 4.17. The molecule has 0 saturated carbocycles. The summed E-state index contributed by atoms with van der Waals surface area (Å²) >= 11 is 0. The largest absolute Gasteiger partial charge is 0.466 e. The van der Waals surface area contributed by atoms with Gasteiger partial charge in [0.2, 0.25) is 5.91 Å². The Kier molecular flexibility index (Phi) is 5.59. The summed E-state index contributed by atoms with van der Waals surface area (Å²) in [7, 11) is 0. The topological polar surface area (TPSA) is 116 Å². The summed E-state index contributed by atoms with van der Waals surface area (Å²) in [6.45, 7) is 4.58. The molecule has 0 N–H and O–H groups in total. The van der Waals surface area contributed by atoms with Gasteiger partial charge in [-0.25, -0.2) is 0 Å². The fourth-order valence-corrected chi connectivity index (χ4v) is 3.14. The predicted octanol–water partition coefficient (Wildman–Crippen LogP) is 1.72. The van der Waals surface area contributed by atoms with Gasteiger partial charge in [-0.15, -0.1) is 0 Å². The average Bonchev–Trinajstić information content (AvgIpc) is 2.77. The number of rotatable bonds is 7. The fourth-order valence-electron chi connectivity index (χ4n) is 3.14. The molecule has 140 valence electrons. The molecule has 0 aliphatic carbocycles. The number of benzene rings is 1. The van der Waals surface area contributed by atoms with Crippen LogP contribution < -0.4 is 4.90 Å². The fraction of sp³-hybridized carbons (Fsp3) is 0.471. The van der Waals surface area contributed by atoms with Gasteiger partial charge in [0.1, 0.15) is 6.54 Å². The van der Waals surface area contributed by atoms with Crippen LogP contribution in [-0.2, 0) is 29.3 Å². The van der Waals surface area contributed by atoms with Crippen molar-refractivity contribution in [3.8, 4) is 0 Å². The minimum absolute atomic E-state index is 0.104. The van der Waals surface area contributed by atoms with Crippen LogP contribution in [0.15, 0.2) is 18.2 Å². The third kappa shape index (κ3) is 3.37. The van der Waals surface area contributed by atoms with Gasteiger partial charge in [0.05, 0.1) is 41.2 Å². The molecule has 1 aromatic carbocycles. The van der Waals surface area contributed by atoms with E-state index in [2.05, 4.69) is 0 Å². The second-order valence-electron chi connectivity index (χ2n) is 5.94. The number of amides is 1. The van der Waals surface area contributed by atoms with Crippen molar-refractivity contribution in [3.05, 3.63) is 33.9 Å². The van der Waals surface area contributed by atoms with Crippen molar-refractivity contribution < 1.29 is 28.8 Å². The molecule has 26 heavy (non-hydrogen) atoms. The Hall–Kier alpha value is -2.97. The van der Waals surface area contributed by atoms with Gasteiger partial charge in [-0.2, -0.15) is 0 Å². The van der Waals surface area contributed by atoms with Crippen LogP contribution in [0.25, 0.3) is 0 Å². The zero-order valence-corrected chi connectivity index (χ0v) is 14.8. The Morgan fingerprint density at radius 2 is 1.81 bits per heavy atom. The Bertz CT molecular complexity index is 761. The van der Waals surface area contributed by atoms with Crippen LogP contribution in [0.1, 0.15) is 32.8 Å². The van der Waals surface area contributed by atoms with E-state index in [1.165, 1.54) is 25.1 Å². The lowest BCUT2D eigenvalue weighted by Crippen LogP contribution is -2.42. The van der Waals surface area contributed by atoms with E-state index >= 15 is 0 Å². The van der Waals surface area contributed by atoms with Gasteiger partial charge in [0.25, 0.3) is 5.69 Å². The van der Waals surface area contributed by atoms with Crippen molar-refractivity contribution in [2.75, 3.05) is 24.7 Å². The van der Waals surface area contributed by atoms with Crippen LogP contribution in [0, 0.1) is 10.1 Å². The van der Waals surface area contributed by atoms with Crippen LogP contribution in [0.2, 0.25) is 0 Å². The number of nitrogens with zero attached hydrogens (tertiary/aromatic N) is 2. The molecule has 9 nitrogen and oxygen atoms in total. The first-order valence-electron chi connectivity index (χ1n) is 8.17. The van der Waals surface area contributed by atoms with Gasteiger partial charge >= 0.3 is 11.9 Å². The Morgan fingerprint density at radius 1 is 1.19 bits per heavy atom. The van der Waals surface area contributed by atoms with E-state index in [-0.39, 0.29) is 43.1 Å². The van der Waals surface area contributed by atoms with Crippen LogP contribution in [0.5, 0.6) is 0 Å². The molecule has 1 atom stereocenters. The number of esters is 2. The highest BCUT2D eigenvalue weighted by Gasteiger charge is 2.53. The van der Waals surface area contributed by atoms with Gasteiger partial charge in [0.15, 0.2) is 0 Å². The maximum atomic E-state index is 13.0. The second-order valence-corrected chi connectivity index (χ2v) is 5.94. The molecule has 1 aliphatic heterocycles. The van der Waals surface area contributed by atoms with E-state index in [0.717, 1.165) is 4.90 Å². The number of nitro benzene ring substituents is 1. The smallest absolute Gasteiger partial charge is 0.326 e. The third-order valence-corrected chi connectivity index (χ3v) is 4.17. The highest BCUT2D eigenvalue weighted by Crippen LogP contribution is 2.48. The maximum Gasteiger partial charge on any atom is 0.326 e. The van der Waals surface area contributed by atoms with Crippen LogP contribution in [-0.4, -0.2) is 42.5 Å². The zero-order chi connectivity index (χ0) is 19.5. The SMILES string of the molecule is CCOC(=O)CN1C(=O)C(C)(CC(=O)OCC)c2c1cccc2[N+](=O)[O-]. The molecular weight excluding hydrogens is 344 g/mol. The molecule has 1 aromatic rings. The summed E-state index contributed by atoms with van der Waals surface area (Å²) in [4.78, 5) is 48.9. The number of carbonyl (C=O) groups excluding carboxylic acids is 3. The zero-order valence-electron chi connectivity index (χ0n) is 14.8. The molecule has 0 radical (unpaired) electrons. The predicted molar refractivity (Wildman–Crippen MR) is 90.7 cm³/mol. The standard InChI is InChI=1S/C17H20N2O7/c1-4-25-13(20)9-17(3)15-11(7-6-8-12(15)19(23)24)18(16(17)22)10-14(21)26-5-2/h6-8H,4-5,9-10H2,1-3H3. The van der Waals surface area contributed by atoms with Crippen molar-refractivity contribution >= 4 is 29.2 Å². The van der Waals surface area contributed by atoms with Gasteiger partial charge < -0.3 is 9.47 Å². The van der Waals surface area contributed by atoms with Crippen LogP contribution in [0.4, 0.5) is 11.4 Å². The summed E-state index contributed by atoms with van der Waals surface area (Å²) in [5.41, 5.74) is -1.46. The molecule has 1 heterocycles.